The van der Waals surface area contributed by atoms with Crippen LogP contribution in [-0.4, -0.2) is 46.5 Å². The Bertz CT molecular complexity index is 732. The van der Waals surface area contributed by atoms with E-state index in [9.17, 15) is 19.7 Å². The van der Waals surface area contributed by atoms with E-state index in [1.54, 1.807) is 12.1 Å². The third kappa shape index (κ3) is 3.70. The van der Waals surface area contributed by atoms with Gasteiger partial charge in [-0.3, -0.25) is 19.7 Å². The molecule has 26 heavy (non-hydrogen) atoms. The molecule has 1 saturated heterocycles. The number of Topliss-reactive ketones (excluding diaryl/α,β-unsaturated/α-hetero) is 1. The fourth-order valence-electron chi connectivity index (χ4n) is 3.75. The summed E-state index contributed by atoms with van der Waals surface area (Å²) in [4.78, 5) is 36.9. The Morgan fingerprint density at radius 3 is 2.81 bits per heavy atom. The average Bonchev–Trinajstić information content (AvgIpc) is 2.59. The third-order valence-electron chi connectivity index (χ3n) is 5.23. The molecular formula is C18H22N2O5S. The van der Waals surface area contributed by atoms with E-state index in [2.05, 4.69) is 0 Å². The molecule has 1 amide bonds. The van der Waals surface area contributed by atoms with Gasteiger partial charge in [-0.15, -0.1) is 11.8 Å². The highest BCUT2D eigenvalue weighted by Gasteiger charge is 2.48. The van der Waals surface area contributed by atoms with Crippen molar-refractivity contribution in [2.75, 3.05) is 19.4 Å². The first-order chi connectivity index (χ1) is 12.4. The van der Waals surface area contributed by atoms with Crippen LogP contribution >= 0.6 is 11.8 Å². The molecule has 0 unspecified atom stereocenters. The normalized spacial score (nSPS) is 18.5. The first-order valence-corrected chi connectivity index (χ1v) is 9.82. The minimum Gasteiger partial charge on any atom is -0.490 e. The van der Waals surface area contributed by atoms with Gasteiger partial charge in [-0.05, 0) is 30.9 Å². The number of ether oxygens (including phenoxy) is 1. The van der Waals surface area contributed by atoms with Crippen LogP contribution in [0, 0.1) is 10.1 Å². The monoisotopic (exact) mass is 378 g/mol. The zero-order chi connectivity index (χ0) is 18.7. The van der Waals surface area contributed by atoms with Gasteiger partial charge < -0.3 is 9.64 Å². The predicted molar refractivity (Wildman–Crippen MR) is 98.3 cm³/mol. The number of thioether (sulfide) groups is 1. The lowest BCUT2D eigenvalue weighted by atomic mass is 9.70. The van der Waals surface area contributed by atoms with Gasteiger partial charge in [-0.25, -0.2) is 0 Å². The minimum atomic E-state index is -0.469. The van der Waals surface area contributed by atoms with Gasteiger partial charge in [0.15, 0.2) is 5.75 Å². The number of hydrogen-bond donors (Lipinski definition) is 0. The average molecular weight is 378 g/mol. The Labute approximate surface area is 156 Å². The number of benzene rings is 1. The van der Waals surface area contributed by atoms with Crippen LogP contribution < -0.4 is 4.74 Å². The maximum Gasteiger partial charge on any atom is 0.311 e. The number of ketones is 1. The molecule has 0 bridgehead atoms. The number of hydrogen-bond acceptors (Lipinski definition) is 6. The van der Waals surface area contributed by atoms with Crippen LogP contribution in [0.2, 0.25) is 0 Å². The smallest absolute Gasteiger partial charge is 0.311 e. The highest BCUT2D eigenvalue weighted by molar-refractivity contribution is 7.99. The van der Waals surface area contributed by atoms with Gasteiger partial charge in [0.25, 0.3) is 0 Å². The lowest BCUT2D eigenvalue weighted by Crippen LogP contribution is -2.60. The Morgan fingerprint density at radius 2 is 2.19 bits per heavy atom. The van der Waals surface area contributed by atoms with Crippen LogP contribution in [0.25, 0.3) is 0 Å². The number of carbonyl (C=O) groups is 2. The molecular weight excluding hydrogens is 356 g/mol. The minimum absolute atomic E-state index is 0.0604. The Hall–Kier alpha value is -2.09. The fourth-order valence-corrected chi connectivity index (χ4v) is 4.60. The number of nitro benzene ring substituents is 1. The molecule has 2 aliphatic rings. The summed E-state index contributed by atoms with van der Waals surface area (Å²) in [5.74, 6) is 1.37. The number of nitro groups is 1. The van der Waals surface area contributed by atoms with E-state index in [1.807, 2.05) is 4.90 Å². The molecule has 1 heterocycles. The quantitative estimate of drug-likeness (QED) is 0.558. The van der Waals surface area contributed by atoms with E-state index in [-0.39, 0.29) is 28.7 Å². The molecule has 8 heteroatoms. The SMILES string of the molecule is COc1ccc(CSCC(=O)N2CCC(=O)CC23CCC3)cc1[N+](=O)[O-]. The van der Waals surface area contributed by atoms with Crippen molar-refractivity contribution in [3.63, 3.8) is 0 Å². The van der Waals surface area contributed by atoms with Crippen LogP contribution in [0.5, 0.6) is 5.75 Å². The van der Waals surface area contributed by atoms with Crippen LogP contribution in [0.4, 0.5) is 5.69 Å². The highest BCUT2D eigenvalue weighted by Crippen LogP contribution is 2.43. The number of likely N-dealkylation sites (tertiary alicyclic amines) is 1. The van der Waals surface area contributed by atoms with Crippen LogP contribution in [0.15, 0.2) is 18.2 Å². The molecule has 2 fully saturated rings. The van der Waals surface area contributed by atoms with Gasteiger partial charge in [-0.2, -0.15) is 0 Å². The predicted octanol–water partition coefficient (Wildman–Crippen LogP) is 2.95. The zero-order valence-electron chi connectivity index (χ0n) is 14.7. The van der Waals surface area contributed by atoms with Gasteiger partial charge in [0.1, 0.15) is 5.78 Å². The van der Waals surface area contributed by atoms with Crippen molar-refractivity contribution >= 4 is 29.1 Å². The van der Waals surface area contributed by atoms with Gasteiger partial charge in [-0.1, -0.05) is 6.07 Å². The fraction of sp³-hybridized carbons (Fsp3) is 0.556. The van der Waals surface area contributed by atoms with Crippen molar-refractivity contribution in [1.29, 1.82) is 0 Å². The summed E-state index contributed by atoms with van der Waals surface area (Å²) in [5.41, 5.74) is 0.480. The number of nitrogens with zero attached hydrogens (tertiary/aromatic N) is 2. The Balaban J connectivity index is 1.58. The van der Waals surface area contributed by atoms with Crippen molar-refractivity contribution in [3.8, 4) is 5.75 Å². The molecule has 3 rings (SSSR count). The number of carbonyl (C=O) groups excluding carboxylic acids is 2. The largest absolute Gasteiger partial charge is 0.490 e. The second-order valence-corrected chi connectivity index (χ2v) is 7.83. The molecule has 1 aromatic rings. The van der Waals surface area contributed by atoms with Crippen LogP contribution in [0.1, 0.15) is 37.7 Å². The molecule has 1 spiro atoms. The first kappa shape index (κ1) is 18.7. The van der Waals surface area contributed by atoms with Gasteiger partial charge in [0, 0.05) is 36.7 Å². The summed E-state index contributed by atoms with van der Waals surface area (Å²) in [6, 6.07) is 4.84. The lowest BCUT2D eigenvalue weighted by Gasteiger charge is -2.52. The standard InChI is InChI=1S/C18H22N2O5S/c1-25-16-4-3-13(9-15(16)20(23)24)11-26-12-17(22)19-8-5-14(21)10-18(19)6-2-7-18/h3-4,9H,2,5-8,10-12H2,1H3. The molecule has 0 aromatic heterocycles. The van der Waals surface area contributed by atoms with Crippen molar-refractivity contribution < 1.29 is 19.2 Å². The molecule has 1 saturated carbocycles. The van der Waals surface area contributed by atoms with Gasteiger partial charge in [0.2, 0.25) is 5.91 Å². The maximum atomic E-state index is 12.6. The molecule has 140 valence electrons. The van der Waals surface area contributed by atoms with Crippen molar-refractivity contribution in [2.24, 2.45) is 0 Å². The summed E-state index contributed by atoms with van der Waals surface area (Å²) in [5, 5.41) is 11.1. The molecule has 0 atom stereocenters. The molecule has 0 N–H and O–H groups in total. The molecule has 7 nitrogen and oxygen atoms in total. The van der Waals surface area contributed by atoms with Crippen molar-refractivity contribution in [1.82, 2.24) is 4.90 Å². The van der Waals surface area contributed by atoms with E-state index in [0.29, 0.717) is 30.9 Å². The van der Waals surface area contributed by atoms with Crippen LogP contribution in [0.3, 0.4) is 0 Å². The molecule has 1 aliphatic heterocycles. The summed E-state index contributed by atoms with van der Waals surface area (Å²) in [6.07, 6.45) is 3.84. The Kier molecular flexibility index (Phi) is 5.50. The lowest BCUT2D eigenvalue weighted by molar-refractivity contribution is -0.385. The summed E-state index contributed by atoms with van der Waals surface area (Å²) >= 11 is 1.44. The number of rotatable bonds is 6. The van der Waals surface area contributed by atoms with E-state index in [1.165, 1.54) is 24.9 Å². The van der Waals surface area contributed by atoms with E-state index >= 15 is 0 Å². The topological polar surface area (TPSA) is 89.8 Å². The number of amides is 1. The number of methoxy groups -OCH3 is 1. The van der Waals surface area contributed by atoms with E-state index in [0.717, 1.165) is 24.8 Å². The Morgan fingerprint density at radius 1 is 1.42 bits per heavy atom. The number of piperidine rings is 1. The zero-order valence-corrected chi connectivity index (χ0v) is 15.5. The van der Waals surface area contributed by atoms with Gasteiger partial charge >= 0.3 is 5.69 Å². The van der Waals surface area contributed by atoms with Crippen molar-refractivity contribution in [2.45, 2.75) is 43.4 Å². The molecule has 1 aromatic carbocycles. The third-order valence-corrected chi connectivity index (χ3v) is 6.22. The van der Waals surface area contributed by atoms with Gasteiger partial charge in [0.05, 0.1) is 17.8 Å². The van der Waals surface area contributed by atoms with E-state index in [4.69, 9.17) is 4.74 Å². The highest BCUT2D eigenvalue weighted by atomic mass is 32.2. The van der Waals surface area contributed by atoms with E-state index < -0.39 is 4.92 Å². The van der Waals surface area contributed by atoms with Crippen molar-refractivity contribution in [3.05, 3.63) is 33.9 Å². The second kappa shape index (κ2) is 7.65. The molecule has 1 aliphatic carbocycles. The summed E-state index contributed by atoms with van der Waals surface area (Å²) in [7, 11) is 1.40. The summed E-state index contributed by atoms with van der Waals surface area (Å²) in [6.45, 7) is 0.520. The van der Waals surface area contributed by atoms with Crippen LogP contribution in [-0.2, 0) is 15.3 Å². The maximum absolute atomic E-state index is 12.6. The first-order valence-electron chi connectivity index (χ1n) is 8.66. The molecule has 0 radical (unpaired) electrons. The second-order valence-electron chi connectivity index (χ2n) is 6.84. The summed E-state index contributed by atoms with van der Waals surface area (Å²) < 4.78 is 5.00.